The molecule has 5 nitrogen and oxygen atoms in total. The fourth-order valence-corrected chi connectivity index (χ4v) is 5.08. The lowest BCUT2D eigenvalue weighted by molar-refractivity contribution is -0.130. The van der Waals surface area contributed by atoms with Gasteiger partial charge in [0.05, 0.1) is 5.41 Å². The number of likely N-dealkylation sites (tertiary alicyclic amines) is 1. The van der Waals surface area contributed by atoms with E-state index in [-0.39, 0.29) is 17.2 Å². The minimum Gasteiger partial charge on any atom is -0.343 e. The van der Waals surface area contributed by atoms with Crippen LogP contribution >= 0.6 is 0 Å². The number of nitrogens with one attached hydrogen (secondary N) is 2. The number of carbonyl (C=O) groups excluding carboxylic acids is 2. The molecule has 3 aliphatic rings. The van der Waals surface area contributed by atoms with Crippen molar-refractivity contribution in [2.45, 2.75) is 51.4 Å². The van der Waals surface area contributed by atoms with E-state index >= 15 is 0 Å². The maximum Gasteiger partial charge on any atom is 0.232 e. The highest BCUT2D eigenvalue weighted by Crippen LogP contribution is 2.44. The fourth-order valence-electron chi connectivity index (χ4n) is 5.08. The SMILES string of the molecule is O=C(CCc1ccc(NC(=O)[C@@]23CCCC[C@H]2CNC3)cc1)N1CCCC1. The number of nitrogens with zero attached hydrogens (tertiary/aromatic N) is 1. The molecule has 1 saturated carbocycles. The van der Waals surface area contributed by atoms with E-state index in [2.05, 4.69) is 10.6 Å². The van der Waals surface area contributed by atoms with Crippen molar-refractivity contribution in [1.29, 1.82) is 0 Å². The molecule has 2 aliphatic heterocycles. The Morgan fingerprint density at radius 1 is 1.11 bits per heavy atom. The molecule has 1 aliphatic carbocycles. The van der Waals surface area contributed by atoms with Gasteiger partial charge in [0.1, 0.15) is 0 Å². The van der Waals surface area contributed by atoms with Crippen LogP contribution in [0.2, 0.25) is 0 Å². The number of fused-ring (bicyclic) bond motifs is 1. The van der Waals surface area contributed by atoms with Crippen LogP contribution in [0, 0.1) is 11.3 Å². The number of hydrogen-bond donors (Lipinski definition) is 2. The molecule has 5 heteroatoms. The normalized spacial score (nSPS) is 27.4. The summed E-state index contributed by atoms with van der Waals surface area (Å²) in [7, 11) is 0. The van der Waals surface area contributed by atoms with E-state index in [0.29, 0.717) is 12.3 Å². The van der Waals surface area contributed by atoms with Crippen molar-refractivity contribution in [2.75, 3.05) is 31.5 Å². The molecule has 2 N–H and O–H groups in total. The van der Waals surface area contributed by atoms with E-state index in [0.717, 1.165) is 76.0 Å². The first-order valence-electron chi connectivity index (χ1n) is 10.6. The molecule has 0 bridgehead atoms. The van der Waals surface area contributed by atoms with E-state index in [4.69, 9.17) is 0 Å². The van der Waals surface area contributed by atoms with E-state index < -0.39 is 0 Å². The highest BCUT2D eigenvalue weighted by atomic mass is 16.2. The molecule has 0 radical (unpaired) electrons. The zero-order valence-electron chi connectivity index (χ0n) is 16.1. The lowest BCUT2D eigenvalue weighted by Gasteiger charge is -2.37. The van der Waals surface area contributed by atoms with Gasteiger partial charge in [-0.1, -0.05) is 25.0 Å². The van der Waals surface area contributed by atoms with Crippen LogP contribution < -0.4 is 10.6 Å². The Morgan fingerprint density at radius 3 is 2.67 bits per heavy atom. The number of rotatable bonds is 5. The van der Waals surface area contributed by atoms with Crippen molar-refractivity contribution in [2.24, 2.45) is 11.3 Å². The average molecular weight is 370 g/mol. The van der Waals surface area contributed by atoms with E-state index in [1.54, 1.807) is 0 Å². The Labute approximate surface area is 161 Å². The summed E-state index contributed by atoms with van der Waals surface area (Å²) in [5.74, 6) is 0.914. The van der Waals surface area contributed by atoms with Crippen molar-refractivity contribution in [3.05, 3.63) is 29.8 Å². The third-order valence-corrected chi connectivity index (χ3v) is 6.79. The van der Waals surface area contributed by atoms with Gasteiger partial charge < -0.3 is 15.5 Å². The molecule has 0 aromatic heterocycles. The Bertz CT molecular complexity index is 681. The van der Waals surface area contributed by atoms with Gasteiger partial charge in [-0.2, -0.15) is 0 Å². The molecule has 2 amide bonds. The Hall–Kier alpha value is -1.88. The lowest BCUT2D eigenvalue weighted by Crippen LogP contribution is -2.44. The molecule has 2 saturated heterocycles. The zero-order chi connectivity index (χ0) is 18.7. The van der Waals surface area contributed by atoms with E-state index in [9.17, 15) is 9.59 Å². The number of amides is 2. The highest BCUT2D eigenvalue weighted by molar-refractivity contribution is 5.96. The van der Waals surface area contributed by atoms with E-state index in [1.165, 1.54) is 6.42 Å². The predicted octanol–water partition coefficient (Wildman–Crippen LogP) is 2.96. The third kappa shape index (κ3) is 3.88. The number of benzene rings is 1. The van der Waals surface area contributed by atoms with Crippen molar-refractivity contribution in [3.8, 4) is 0 Å². The summed E-state index contributed by atoms with van der Waals surface area (Å²) < 4.78 is 0. The first-order chi connectivity index (χ1) is 13.2. The third-order valence-electron chi connectivity index (χ3n) is 6.79. The van der Waals surface area contributed by atoms with Crippen LogP contribution in [0.5, 0.6) is 0 Å². The first-order valence-corrected chi connectivity index (χ1v) is 10.6. The van der Waals surface area contributed by atoms with Crippen molar-refractivity contribution in [1.82, 2.24) is 10.2 Å². The molecule has 146 valence electrons. The Kier molecular flexibility index (Phi) is 5.48. The van der Waals surface area contributed by atoms with Gasteiger partial charge in [-0.3, -0.25) is 9.59 Å². The maximum absolute atomic E-state index is 13.0. The van der Waals surface area contributed by atoms with Gasteiger partial charge in [0.2, 0.25) is 11.8 Å². The number of aryl methyl sites for hydroxylation is 1. The highest BCUT2D eigenvalue weighted by Gasteiger charge is 2.49. The Morgan fingerprint density at radius 2 is 1.89 bits per heavy atom. The monoisotopic (exact) mass is 369 g/mol. The van der Waals surface area contributed by atoms with Crippen LogP contribution in [-0.2, 0) is 16.0 Å². The van der Waals surface area contributed by atoms with Crippen molar-refractivity contribution >= 4 is 17.5 Å². The molecule has 0 unspecified atom stereocenters. The quantitative estimate of drug-likeness (QED) is 0.839. The number of carbonyl (C=O) groups is 2. The average Bonchev–Trinajstić information content (AvgIpc) is 3.37. The van der Waals surface area contributed by atoms with Crippen molar-refractivity contribution < 1.29 is 9.59 Å². The van der Waals surface area contributed by atoms with Crippen LogP contribution in [0.1, 0.15) is 50.5 Å². The van der Waals surface area contributed by atoms with Crippen LogP contribution in [0.3, 0.4) is 0 Å². The Balaban J connectivity index is 1.32. The summed E-state index contributed by atoms with van der Waals surface area (Å²) in [6.07, 6.45) is 8.15. The summed E-state index contributed by atoms with van der Waals surface area (Å²) in [5.41, 5.74) is 1.79. The summed E-state index contributed by atoms with van der Waals surface area (Å²) in [4.78, 5) is 27.2. The van der Waals surface area contributed by atoms with Gasteiger partial charge in [-0.25, -0.2) is 0 Å². The zero-order valence-corrected chi connectivity index (χ0v) is 16.1. The topological polar surface area (TPSA) is 61.4 Å². The second-order valence-electron chi connectivity index (χ2n) is 8.47. The summed E-state index contributed by atoms with van der Waals surface area (Å²) in [6, 6.07) is 8.03. The summed E-state index contributed by atoms with van der Waals surface area (Å²) in [6.45, 7) is 3.61. The smallest absolute Gasteiger partial charge is 0.232 e. The van der Waals surface area contributed by atoms with E-state index in [1.807, 2.05) is 29.2 Å². The fraction of sp³-hybridized carbons (Fsp3) is 0.636. The van der Waals surface area contributed by atoms with Gasteiger partial charge in [0.25, 0.3) is 0 Å². The van der Waals surface area contributed by atoms with Crippen LogP contribution in [0.25, 0.3) is 0 Å². The minimum absolute atomic E-state index is 0.175. The van der Waals surface area contributed by atoms with Crippen LogP contribution in [-0.4, -0.2) is 42.9 Å². The van der Waals surface area contributed by atoms with Gasteiger partial charge in [-0.05, 0) is 62.3 Å². The number of hydrogen-bond acceptors (Lipinski definition) is 3. The second-order valence-corrected chi connectivity index (χ2v) is 8.47. The molecule has 0 spiro atoms. The minimum atomic E-state index is -0.223. The molecule has 4 rings (SSSR count). The molecule has 27 heavy (non-hydrogen) atoms. The first kappa shape index (κ1) is 18.5. The molecular weight excluding hydrogens is 338 g/mol. The number of anilines is 1. The van der Waals surface area contributed by atoms with Gasteiger partial charge in [0, 0.05) is 31.7 Å². The standard InChI is InChI=1S/C22H31N3O2/c26-20(25-13-3-4-14-25)11-8-17-6-9-19(10-7-17)24-21(27)22-12-2-1-5-18(22)15-23-16-22/h6-7,9-10,18,23H,1-5,8,11-16H2,(H,24,27)/t18-,22+/m0/s1. The lowest BCUT2D eigenvalue weighted by atomic mass is 9.67. The van der Waals surface area contributed by atoms with Crippen LogP contribution in [0.4, 0.5) is 5.69 Å². The summed E-state index contributed by atoms with van der Waals surface area (Å²) >= 11 is 0. The molecule has 1 aromatic rings. The maximum atomic E-state index is 13.0. The van der Waals surface area contributed by atoms with Gasteiger partial charge in [0.15, 0.2) is 0 Å². The second kappa shape index (κ2) is 8.01. The van der Waals surface area contributed by atoms with Crippen LogP contribution in [0.15, 0.2) is 24.3 Å². The summed E-state index contributed by atoms with van der Waals surface area (Å²) in [5, 5.41) is 6.59. The van der Waals surface area contributed by atoms with Crippen molar-refractivity contribution in [3.63, 3.8) is 0 Å². The molecular formula is C22H31N3O2. The molecule has 2 heterocycles. The largest absolute Gasteiger partial charge is 0.343 e. The van der Waals surface area contributed by atoms with Gasteiger partial charge in [-0.15, -0.1) is 0 Å². The molecule has 3 fully saturated rings. The molecule has 1 aromatic carbocycles. The predicted molar refractivity (Wildman–Crippen MR) is 106 cm³/mol. The van der Waals surface area contributed by atoms with Gasteiger partial charge >= 0.3 is 0 Å². The molecule has 2 atom stereocenters.